The molecule has 0 bridgehead atoms. The lowest BCUT2D eigenvalue weighted by atomic mass is 9.85. The average Bonchev–Trinajstić information content (AvgIpc) is 3.29. The molecule has 2 heterocycles. The van der Waals surface area contributed by atoms with E-state index < -0.39 is 0 Å². The van der Waals surface area contributed by atoms with Crippen molar-refractivity contribution in [2.24, 2.45) is 11.8 Å². The number of fused-ring (bicyclic) bond motifs is 1. The first-order chi connectivity index (χ1) is 14.0. The average molecular weight is 415 g/mol. The fourth-order valence-electron chi connectivity index (χ4n) is 3.64. The molecular formula is C20H19ClN4O4. The molecule has 0 spiro atoms. The Morgan fingerprint density at radius 3 is 2.55 bits per heavy atom. The van der Waals surface area contributed by atoms with Crippen molar-refractivity contribution in [1.82, 2.24) is 20.4 Å². The topological polar surface area (TPSA) is 105 Å². The summed E-state index contributed by atoms with van der Waals surface area (Å²) in [5.74, 6) is -0.662. The van der Waals surface area contributed by atoms with Gasteiger partial charge < -0.3 is 9.84 Å². The zero-order chi connectivity index (χ0) is 20.4. The number of carbonyl (C=O) groups excluding carboxylic acids is 3. The van der Waals surface area contributed by atoms with Crippen LogP contribution in [0.2, 0.25) is 5.02 Å². The van der Waals surface area contributed by atoms with E-state index >= 15 is 0 Å². The van der Waals surface area contributed by atoms with Crippen molar-refractivity contribution in [3.05, 3.63) is 47.3 Å². The Labute approximate surface area is 171 Å². The van der Waals surface area contributed by atoms with Crippen LogP contribution in [-0.4, -0.2) is 39.3 Å². The van der Waals surface area contributed by atoms with Gasteiger partial charge in [0.2, 0.25) is 29.4 Å². The Morgan fingerprint density at radius 2 is 1.86 bits per heavy atom. The molecule has 1 aliphatic carbocycles. The van der Waals surface area contributed by atoms with Crippen LogP contribution >= 0.6 is 11.6 Å². The van der Waals surface area contributed by atoms with Crippen molar-refractivity contribution in [3.63, 3.8) is 0 Å². The molecule has 1 aromatic carbocycles. The van der Waals surface area contributed by atoms with E-state index in [1.54, 1.807) is 18.2 Å². The molecule has 1 N–H and O–H groups in total. The third-order valence-electron chi connectivity index (χ3n) is 5.18. The minimum Gasteiger partial charge on any atom is -0.347 e. The number of aromatic nitrogens is 2. The molecule has 0 radical (unpaired) electrons. The summed E-state index contributed by atoms with van der Waals surface area (Å²) in [6.07, 6.45) is 5.06. The molecule has 4 rings (SSSR count). The van der Waals surface area contributed by atoms with Crippen LogP contribution in [0, 0.1) is 11.8 Å². The minimum atomic E-state index is -0.309. The number of nitrogens with zero attached hydrogens (tertiary/aromatic N) is 3. The summed E-state index contributed by atoms with van der Waals surface area (Å²) >= 11 is 6.11. The second-order valence-corrected chi connectivity index (χ2v) is 7.41. The molecule has 0 unspecified atom stereocenters. The monoisotopic (exact) mass is 414 g/mol. The lowest BCUT2D eigenvalue weighted by Crippen LogP contribution is -2.35. The maximum Gasteiger partial charge on any atom is 0.246 e. The number of hydrogen-bond donors (Lipinski definition) is 1. The predicted octanol–water partition coefficient (Wildman–Crippen LogP) is 2.35. The molecule has 2 atom stereocenters. The van der Waals surface area contributed by atoms with Gasteiger partial charge in [-0.05, 0) is 25.0 Å². The molecule has 150 valence electrons. The summed E-state index contributed by atoms with van der Waals surface area (Å²) in [4.78, 5) is 42.4. The van der Waals surface area contributed by atoms with Crippen molar-refractivity contribution in [2.75, 3.05) is 6.54 Å². The number of benzene rings is 1. The Hall–Kier alpha value is -3.00. The third kappa shape index (κ3) is 3.93. The van der Waals surface area contributed by atoms with Crippen LogP contribution in [0.15, 0.2) is 40.9 Å². The fraction of sp³-hybridized carbons (Fsp3) is 0.350. The number of halogens is 1. The van der Waals surface area contributed by atoms with E-state index in [1.807, 2.05) is 18.2 Å². The fourth-order valence-corrected chi connectivity index (χ4v) is 3.86. The van der Waals surface area contributed by atoms with Crippen LogP contribution in [0.5, 0.6) is 0 Å². The third-order valence-corrected chi connectivity index (χ3v) is 5.51. The van der Waals surface area contributed by atoms with Crippen LogP contribution < -0.4 is 5.32 Å². The molecule has 2 aromatic rings. The number of likely N-dealkylation sites (tertiary alicyclic amines) is 1. The van der Waals surface area contributed by atoms with Crippen molar-refractivity contribution >= 4 is 29.3 Å². The number of nitrogens with one attached hydrogen (secondary N) is 1. The Morgan fingerprint density at radius 1 is 1.17 bits per heavy atom. The zero-order valence-electron chi connectivity index (χ0n) is 15.5. The van der Waals surface area contributed by atoms with Gasteiger partial charge in [-0.15, -0.1) is 0 Å². The van der Waals surface area contributed by atoms with E-state index in [0.29, 0.717) is 29.3 Å². The Kier molecular flexibility index (Phi) is 5.44. The Balaban J connectivity index is 1.28. The largest absolute Gasteiger partial charge is 0.347 e. The number of amides is 3. The number of hydrogen-bond acceptors (Lipinski definition) is 6. The Bertz CT molecular complexity index is 960. The van der Waals surface area contributed by atoms with Crippen molar-refractivity contribution in [2.45, 2.75) is 25.8 Å². The van der Waals surface area contributed by atoms with Gasteiger partial charge in [-0.25, -0.2) is 0 Å². The van der Waals surface area contributed by atoms with Crippen molar-refractivity contribution in [1.29, 1.82) is 0 Å². The zero-order valence-corrected chi connectivity index (χ0v) is 16.3. The lowest BCUT2D eigenvalue weighted by molar-refractivity contribution is -0.140. The highest BCUT2D eigenvalue weighted by atomic mass is 35.5. The summed E-state index contributed by atoms with van der Waals surface area (Å²) in [7, 11) is 0. The normalized spacial score (nSPS) is 20.8. The molecule has 9 heteroatoms. The van der Waals surface area contributed by atoms with Crippen LogP contribution in [-0.2, 0) is 20.9 Å². The summed E-state index contributed by atoms with van der Waals surface area (Å²) < 4.78 is 5.14. The van der Waals surface area contributed by atoms with E-state index in [2.05, 4.69) is 15.5 Å². The summed E-state index contributed by atoms with van der Waals surface area (Å²) in [6.45, 7) is 0.124. The lowest BCUT2D eigenvalue weighted by Gasteiger charge is -2.14. The first-order valence-corrected chi connectivity index (χ1v) is 9.77. The van der Waals surface area contributed by atoms with E-state index in [4.69, 9.17) is 16.1 Å². The number of allylic oxidation sites excluding steroid dienone is 2. The second-order valence-electron chi connectivity index (χ2n) is 7.00. The smallest absolute Gasteiger partial charge is 0.246 e. The molecular weight excluding hydrogens is 396 g/mol. The maximum absolute atomic E-state index is 12.4. The molecule has 0 saturated carbocycles. The molecule has 1 aliphatic heterocycles. The SMILES string of the molecule is O=C(CCN1C(=O)[C@H]2CC=CC[C@H]2C1=O)NCc1nc(-c2ccccc2Cl)no1. The highest BCUT2D eigenvalue weighted by molar-refractivity contribution is 6.33. The van der Waals surface area contributed by atoms with Crippen LogP contribution in [0.25, 0.3) is 11.4 Å². The van der Waals surface area contributed by atoms with E-state index in [0.717, 1.165) is 0 Å². The maximum atomic E-state index is 12.4. The van der Waals surface area contributed by atoms with Gasteiger partial charge in [0.25, 0.3) is 0 Å². The highest BCUT2D eigenvalue weighted by Gasteiger charge is 2.46. The standard InChI is InChI=1S/C20H19ClN4O4/c21-15-8-4-3-7-14(15)18-23-17(29-24-18)11-22-16(26)9-10-25-19(27)12-5-1-2-6-13(12)20(25)28/h1-4,7-8,12-13H,5-6,9-11H2,(H,22,26)/t12-,13+. The second kappa shape index (κ2) is 8.16. The quantitative estimate of drug-likeness (QED) is 0.574. The first kappa shape index (κ1) is 19.3. The number of carbonyl (C=O) groups is 3. The summed E-state index contributed by atoms with van der Waals surface area (Å²) in [6, 6.07) is 7.11. The van der Waals surface area contributed by atoms with Crippen LogP contribution in [0.1, 0.15) is 25.2 Å². The van der Waals surface area contributed by atoms with Gasteiger partial charge in [-0.1, -0.05) is 41.0 Å². The van der Waals surface area contributed by atoms with Crippen molar-refractivity contribution in [3.8, 4) is 11.4 Å². The molecule has 1 aromatic heterocycles. The predicted molar refractivity (Wildman–Crippen MR) is 103 cm³/mol. The van der Waals surface area contributed by atoms with Crippen LogP contribution in [0.4, 0.5) is 0 Å². The van der Waals surface area contributed by atoms with Crippen molar-refractivity contribution < 1.29 is 18.9 Å². The first-order valence-electron chi connectivity index (χ1n) is 9.39. The van der Waals surface area contributed by atoms with Gasteiger partial charge in [0.1, 0.15) is 0 Å². The number of imide groups is 1. The van der Waals surface area contributed by atoms with E-state index in [-0.39, 0.29) is 55.0 Å². The highest BCUT2D eigenvalue weighted by Crippen LogP contribution is 2.35. The molecule has 29 heavy (non-hydrogen) atoms. The molecule has 2 aliphatic rings. The van der Waals surface area contributed by atoms with Gasteiger partial charge in [0.15, 0.2) is 0 Å². The van der Waals surface area contributed by atoms with Gasteiger partial charge in [-0.2, -0.15) is 4.98 Å². The molecule has 8 nitrogen and oxygen atoms in total. The molecule has 3 amide bonds. The van der Waals surface area contributed by atoms with Gasteiger partial charge in [0.05, 0.1) is 23.4 Å². The van der Waals surface area contributed by atoms with E-state index in [9.17, 15) is 14.4 Å². The minimum absolute atomic E-state index is 0.0237. The summed E-state index contributed by atoms with van der Waals surface area (Å²) in [5, 5.41) is 7.03. The van der Waals surface area contributed by atoms with E-state index in [1.165, 1.54) is 4.90 Å². The van der Waals surface area contributed by atoms with Gasteiger partial charge in [0, 0.05) is 18.5 Å². The molecule has 1 saturated heterocycles. The van der Waals surface area contributed by atoms with Gasteiger partial charge >= 0.3 is 0 Å². The van der Waals surface area contributed by atoms with Gasteiger partial charge in [-0.3, -0.25) is 19.3 Å². The van der Waals surface area contributed by atoms with Crippen LogP contribution in [0.3, 0.4) is 0 Å². The summed E-state index contributed by atoms with van der Waals surface area (Å²) in [5.41, 5.74) is 0.637. The number of rotatable bonds is 6. The molecule has 1 fully saturated rings.